The molecule has 28 heavy (non-hydrogen) atoms. The number of fused-ring (bicyclic) bond motifs is 1. The van der Waals surface area contributed by atoms with Crippen molar-refractivity contribution in [3.63, 3.8) is 0 Å². The number of pyridine rings is 1. The van der Waals surface area contributed by atoms with Crippen molar-refractivity contribution < 1.29 is 14.3 Å². The first-order valence-corrected chi connectivity index (χ1v) is 10.8. The number of benzene rings is 1. The normalized spacial score (nSPS) is 11.2. The molecule has 0 spiro atoms. The lowest BCUT2D eigenvalue weighted by Gasteiger charge is -2.16. The summed E-state index contributed by atoms with van der Waals surface area (Å²) in [4.78, 5) is 26.2. The zero-order chi connectivity index (χ0) is 20.7. The van der Waals surface area contributed by atoms with Gasteiger partial charge in [-0.1, -0.05) is 26.5 Å². The molecule has 1 aromatic heterocycles. The molecule has 1 heterocycles. The Hall–Kier alpha value is -2.05. The van der Waals surface area contributed by atoms with E-state index in [4.69, 9.17) is 9.47 Å². The molecule has 0 fully saturated rings. The molecule has 0 amide bonds. The van der Waals surface area contributed by atoms with Gasteiger partial charge in [-0.2, -0.15) is 0 Å². The fourth-order valence-corrected chi connectivity index (χ4v) is 3.60. The Balaban J connectivity index is 2.49. The summed E-state index contributed by atoms with van der Waals surface area (Å²) in [7, 11) is 0. The smallest absolute Gasteiger partial charge is 0.343 e. The van der Waals surface area contributed by atoms with E-state index in [0.29, 0.717) is 17.9 Å². The highest BCUT2D eigenvalue weighted by Gasteiger charge is 2.18. The lowest BCUT2D eigenvalue weighted by atomic mass is 10.1. The monoisotopic (exact) mass is 403 g/mol. The van der Waals surface area contributed by atoms with E-state index in [1.807, 2.05) is 16.9 Å². The van der Waals surface area contributed by atoms with Crippen LogP contribution in [0, 0.1) is 5.92 Å². The number of carbonyl (C=O) groups excluding carboxylic acids is 1. The van der Waals surface area contributed by atoms with E-state index in [1.165, 1.54) is 0 Å². The first-order valence-electron chi connectivity index (χ1n) is 9.55. The van der Waals surface area contributed by atoms with Crippen molar-refractivity contribution in [1.29, 1.82) is 0 Å². The summed E-state index contributed by atoms with van der Waals surface area (Å²) in [5.74, 6) is 0.0192. The van der Waals surface area contributed by atoms with E-state index in [0.717, 1.165) is 28.8 Å². The highest BCUT2D eigenvalue weighted by Crippen LogP contribution is 2.27. The molecule has 1 aromatic carbocycles. The number of carbonyl (C=O) groups is 1. The second-order valence-electron chi connectivity index (χ2n) is 6.95. The molecule has 6 heteroatoms. The number of rotatable bonds is 10. The molecular formula is C22H29NO4S. The Kier molecular flexibility index (Phi) is 8.33. The van der Waals surface area contributed by atoms with Gasteiger partial charge in [0, 0.05) is 23.1 Å². The molecule has 0 aliphatic heterocycles. The lowest BCUT2D eigenvalue weighted by Crippen LogP contribution is -2.21. The third-order valence-electron chi connectivity index (χ3n) is 4.45. The van der Waals surface area contributed by atoms with Gasteiger partial charge in [-0.15, -0.1) is 11.8 Å². The molecule has 0 aliphatic carbocycles. The molecule has 2 aromatic rings. The van der Waals surface area contributed by atoms with Crippen molar-refractivity contribution in [2.24, 2.45) is 5.92 Å². The van der Waals surface area contributed by atoms with Crippen LogP contribution >= 0.6 is 11.8 Å². The van der Waals surface area contributed by atoms with Crippen LogP contribution < -0.4 is 5.43 Å². The number of ether oxygens (including phenoxy) is 2. The van der Waals surface area contributed by atoms with Gasteiger partial charge in [0.25, 0.3) is 0 Å². The zero-order valence-corrected chi connectivity index (χ0v) is 17.9. The van der Waals surface area contributed by atoms with E-state index in [-0.39, 0.29) is 24.3 Å². The number of thioether (sulfide) groups is 1. The van der Waals surface area contributed by atoms with Gasteiger partial charge in [-0.3, -0.25) is 4.79 Å². The van der Waals surface area contributed by atoms with Crippen molar-refractivity contribution in [2.45, 2.75) is 45.2 Å². The van der Waals surface area contributed by atoms with Crippen molar-refractivity contribution in [3.8, 4) is 0 Å². The average molecular weight is 404 g/mol. The maximum Gasteiger partial charge on any atom is 0.343 e. The summed E-state index contributed by atoms with van der Waals surface area (Å²) in [6.45, 7) is 11.0. The van der Waals surface area contributed by atoms with Gasteiger partial charge in [-0.25, -0.2) is 4.79 Å². The van der Waals surface area contributed by atoms with Crippen molar-refractivity contribution in [3.05, 3.63) is 46.3 Å². The van der Waals surface area contributed by atoms with Gasteiger partial charge in [0.2, 0.25) is 5.43 Å². The second-order valence-corrected chi connectivity index (χ2v) is 7.80. The number of esters is 1. The highest BCUT2D eigenvalue weighted by molar-refractivity contribution is 7.98. The van der Waals surface area contributed by atoms with Crippen LogP contribution in [0.25, 0.3) is 17.0 Å². The molecule has 0 aliphatic rings. The van der Waals surface area contributed by atoms with Crippen molar-refractivity contribution >= 4 is 34.7 Å². The molecular weight excluding hydrogens is 374 g/mol. The van der Waals surface area contributed by atoms with Crippen LogP contribution in [0.4, 0.5) is 0 Å². The van der Waals surface area contributed by atoms with Gasteiger partial charge >= 0.3 is 5.97 Å². The Morgan fingerprint density at radius 1 is 1.36 bits per heavy atom. The van der Waals surface area contributed by atoms with Crippen LogP contribution in [0.15, 0.2) is 34.6 Å². The van der Waals surface area contributed by atoms with Gasteiger partial charge < -0.3 is 14.0 Å². The first-order chi connectivity index (χ1) is 13.4. The maximum absolute atomic E-state index is 12.9. The second kappa shape index (κ2) is 10.5. The topological polar surface area (TPSA) is 57.5 Å². The summed E-state index contributed by atoms with van der Waals surface area (Å²) in [5, 5.41) is 0.462. The Morgan fingerprint density at radius 2 is 2.11 bits per heavy atom. The van der Waals surface area contributed by atoms with Crippen LogP contribution in [0.1, 0.15) is 49.5 Å². The van der Waals surface area contributed by atoms with Crippen LogP contribution in [0.3, 0.4) is 0 Å². The standard InChI is InChI=1S/C22H29NO4S/c1-6-16-11-17-19(12-20(16)28-5)23(14-26-10-8-9-15(3)4)13-18(21(17)24)22(25)27-7-2/h6,11-13,15H,1,7-10,14H2,2-5H3. The predicted octanol–water partition coefficient (Wildman–Crippen LogP) is 4.95. The van der Waals surface area contributed by atoms with E-state index >= 15 is 0 Å². The number of hydrogen-bond donors (Lipinski definition) is 0. The Bertz CT molecular complexity index is 902. The summed E-state index contributed by atoms with van der Waals surface area (Å²) < 4.78 is 12.7. The number of nitrogens with zero attached hydrogens (tertiary/aromatic N) is 1. The Labute approximate surface area is 170 Å². The summed E-state index contributed by atoms with van der Waals surface area (Å²) in [6.07, 6.45) is 7.30. The van der Waals surface area contributed by atoms with Gasteiger partial charge in [0.1, 0.15) is 12.3 Å². The molecule has 0 radical (unpaired) electrons. The fourth-order valence-electron chi connectivity index (χ4n) is 2.99. The number of aromatic nitrogens is 1. The van der Waals surface area contributed by atoms with E-state index in [9.17, 15) is 9.59 Å². The minimum atomic E-state index is -0.614. The van der Waals surface area contributed by atoms with Crippen molar-refractivity contribution in [2.75, 3.05) is 19.5 Å². The fraction of sp³-hybridized carbons (Fsp3) is 0.455. The largest absolute Gasteiger partial charge is 0.462 e. The number of hydrogen-bond acceptors (Lipinski definition) is 5. The minimum Gasteiger partial charge on any atom is -0.462 e. The quantitative estimate of drug-likeness (QED) is 0.319. The third-order valence-corrected chi connectivity index (χ3v) is 5.24. The first kappa shape index (κ1) is 22.2. The average Bonchev–Trinajstić information content (AvgIpc) is 2.68. The summed E-state index contributed by atoms with van der Waals surface area (Å²) >= 11 is 1.58. The molecule has 152 valence electrons. The van der Waals surface area contributed by atoms with E-state index < -0.39 is 5.97 Å². The summed E-state index contributed by atoms with van der Waals surface area (Å²) in [6, 6.07) is 3.74. The van der Waals surface area contributed by atoms with Crippen molar-refractivity contribution in [1.82, 2.24) is 4.57 Å². The maximum atomic E-state index is 12.9. The predicted molar refractivity (Wildman–Crippen MR) is 116 cm³/mol. The van der Waals surface area contributed by atoms with E-state index in [2.05, 4.69) is 20.4 Å². The molecule has 0 saturated carbocycles. The molecule has 0 unspecified atom stereocenters. The molecule has 0 N–H and O–H groups in total. The van der Waals surface area contributed by atoms with E-state index in [1.54, 1.807) is 37.0 Å². The molecule has 0 atom stereocenters. The third kappa shape index (κ3) is 5.26. The molecule has 5 nitrogen and oxygen atoms in total. The lowest BCUT2D eigenvalue weighted by molar-refractivity contribution is 0.0519. The molecule has 2 rings (SSSR count). The molecule has 0 saturated heterocycles. The van der Waals surface area contributed by atoms with Gasteiger partial charge in [0.05, 0.1) is 12.1 Å². The van der Waals surface area contributed by atoms with Crippen LogP contribution in [0.5, 0.6) is 0 Å². The molecule has 0 bridgehead atoms. The highest BCUT2D eigenvalue weighted by atomic mass is 32.2. The zero-order valence-electron chi connectivity index (χ0n) is 17.1. The van der Waals surface area contributed by atoms with Crippen LogP contribution in [0.2, 0.25) is 0 Å². The Morgan fingerprint density at radius 3 is 2.71 bits per heavy atom. The van der Waals surface area contributed by atoms with Gasteiger partial charge in [-0.05, 0) is 49.6 Å². The SMILES string of the molecule is C=Cc1cc2c(=O)c(C(=O)OCC)cn(COCCCC(C)C)c2cc1SC. The summed E-state index contributed by atoms with van der Waals surface area (Å²) in [5.41, 5.74) is 1.28. The van der Waals surface area contributed by atoms with Crippen LogP contribution in [-0.4, -0.2) is 30.0 Å². The minimum absolute atomic E-state index is 0.0204. The van der Waals surface area contributed by atoms with Gasteiger partial charge in [0.15, 0.2) is 0 Å². The van der Waals surface area contributed by atoms with Crippen LogP contribution in [-0.2, 0) is 16.2 Å².